The Morgan fingerprint density at radius 2 is 2.60 bits per heavy atom. The van der Waals surface area contributed by atoms with E-state index in [1.54, 1.807) is 10.9 Å². The van der Waals surface area contributed by atoms with Gasteiger partial charge >= 0.3 is 0 Å². The summed E-state index contributed by atoms with van der Waals surface area (Å²) in [5.74, 6) is 0. The van der Waals surface area contributed by atoms with Crippen LogP contribution in [0.2, 0.25) is 0 Å². The highest BCUT2D eigenvalue weighted by atomic mass is 79.9. The molecule has 0 aliphatic carbocycles. The number of hydrogen-bond donors (Lipinski definition) is 0. The third-order valence-electron chi connectivity index (χ3n) is 1.18. The number of hydrogen-bond acceptors (Lipinski definition) is 2. The van der Waals surface area contributed by atoms with Gasteiger partial charge < -0.3 is 0 Å². The van der Waals surface area contributed by atoms with Crippen LogP contribution in [0.25, 0.3) is 0 Å². The zero-order chi connectivity index (χ0) is 7.56. The predicted molar refractivity (Wildman–Crippen MR) is 41.0 cm³/mol. The second-order valence-corrected chi connectivity index (χ2v) is 2.69. The van der Waals surface area contributed by atoms with Gasteiger partial charge in [0.2, 0.25) is 0 Å². The van der Waals surface area contributed by atoms with Crippen LogP contribution in [-0.4, -0.2) is 16.1 Å². The average Bonchev–Trinajstić information content (AvgIpc) is 2.30. The lowest BCUT2D eigenvalue weighted by molar-refractivity contribution is 0.111. The Hall–Kier alpha value is -0.640. The van der Waals surface area contributed by atoms with Crippen molar-refractivity contribution in [3.05, 3.63) is 16.4 Å². The van der Waals surface area contributed by atoms with E-state index in [9.17, 15) is 4.79 Å². The zero-order valence-electron chi connectivity index (χ0n) is 5.54. The third kappa shape index (κ3) is 1.26. The first-order valence-corrected chi connectivity index (χ1v) is 3.75. The van der Waals surface area contributed by atoms with E-state index >= 15 is 0 Å². The van der Waals surface area contributed by atoms with E-state index in [2.05, 4.69) is 21.0 Å². The van der Waals surface area contributed by atoms with Gasteiger partial charge in [-0.05, 0) is 22.9 Å². The van der Waals surface area contributed by atoms with E-state index in [0.717, 1.165) is 17.3 Å². The summed E-state index contributed by atoms with van der Waals surface area (Å²) in [6.07, 6.45) is 2.51. The van der Waals surface area contributed by atoms with Crippen molar-refractivity contribution in [3.8, 4) is 0 Å². The molecule has 0 fully saturated rings. The number of carbonyl (C=O) groups is 1. The Morgan fingerprint density at radius 3 is 2.90 bits per heavy atom. The Kier molecular flexibility index (Phi) is 2.21. The van der Waals surface area contributed by atoms with Crippen molar-refractivity contribution in [1.29, 1.82) is 0 Å². The van der Waals surface area contributed by atoms with Crippen molar-refractivity contribution in [2.45, 2.75) is 13.5 Å². The molecular formula is C6H7BrN2O. The van der Waals surface area contributed by atoms with Crippen molar-refractivity contribution in [1.82, 2.24) is 9.78 Å². The highest BCUT2D eigenvalue weighted by Gasteiger charge is 2.02. The minimum atomic E-state index is 0.460. The molecule has 0 bridgehead atoms. The lowest BCUT2D eigenvalue weighted by atomic mass is 10.5. The standard InChI is InChI=1S/C6H7BrN2O/c1-2-9-3-5(7)6(4-10)8-9/h3-4H,2H2,1H3. The molecule has 0 atom stereocenters. The first-order valence-electron chi connectivity index (χ1n) is 2.96. The molecule has 1 aromatic rings. The van der Waals surface area contributed by atoms with E-state index in [-0.39, 0.29) is 0 Å². The zero-order valence-corrected chi connectivity index (χ0v) is 7.13. The van der Waals surface area contributed by atoms with Crippen molar-refractivity contribution in [3.63, 3.8) is 0 Å². The van der Waals surface area contributed by atoms with Gasteiger partial charge in [0.15, 0.2) is 6.29 Å². The van der Waals surface area contributed by atoms with Crippen LogP contribution < -0.4 is 0 Å². The number of aromatic nitrogens is 2. The Morgan fingerprint density at radius 1 is 1.90 bits per heavy atom. The third-order valence-corrected chi connectivity index (χ3v) is 1.79. The fourth-order valence-electron chi connectivity index (χ4n) is 0.654. The average molecular weight is 203 g/mol. The van der Waals surface area contributed by atoms with Crippen LogP contribution in [0.3, 0.4) is 0 Å². The Bertz CT molecular complexity index is 244. The topological polar surface area (TPSA) is 34.9 Å². The van der Waals surface area contributed by atoms with Crippen LogP contribution >= 0.6 is 15.9 Å². The van der Waals surface area contributed by atoms with Crippen molar-refractivity contribution in [2.75, 3.05) is 0 Å². The molecule has 0 radical (unpaired) electrons. The van der Waals surface area contributed by atoms with Gasteiger partial charge in [0, 0.05) is 12.7 Å². The van der Waals surface area contributed by atoms with Crippen LogP contribution in [0.15, 0.2) is 10.7 Å². The second kappa shape index (κ2) is 2.96. The summed E-state index contributed by atoms with van der Waals surface area (Å²) >= 11 is 3.20. The molecule has 0 saturated heterocycles. The second-order valence-electron chi connectivity index (χ2n) is 1.84. The van der Waals surface area contributed by atoms with Gasteiger partial charge in [-0.2, -0.15) is 5.10 Å². The van der Waals surface area contributed by atoms with E-state index in [1.807, 2.05) is 6.92 Å². The number of rotatable bonds is 2. The van der Waals surface area contributed by atoms with Gasteiger partial charge in [-0.25, -0.2) is 0 Å². The van der Waals surface area contributed by atoms with Gasteiger partial charge in [-0.3, -0.25) is 9.48 Å². The van der Waals surface area contributed by atoms with Gasteiger partial charge in [-0.1, -0.05) is 0 Å². The van der Waals surface area contributed by atoms with Crippen LogP contribution in [0, 0.1) is 0 Å². The van der Waals surface area contributed by atoms with E-state index in [1.165, 1.54) is 0 Å². The van der Waals surface area contributed by atoms with Crippen molar-refractivity contribution >= 4 is 22.2 Å². The van der Waals surface area contributed by atoms with E-state index < -0.39 is 0 Å². The molecular weight excluding hydrogens is 196 g/mol. The minimum absolute atomic E-state index is 0.460. The Balaban J connectivity index is 3.03. The monoisotopic (exact) mass is 202 g/mol. The molecule has 4 heteroatoms. The molecule has 3 nitrogen and oxygen atoms in total. The summed E-state index contributed by atoms with van der Waals surface area (Å²) in [4.78, 5) is 10.3. The number of nitrogens with zero attached hydrogens (tertiary/aromatic N) is 2. The quantitative estimate of drug-likeness (QED) is 0.682. The maximum absolute atomic E-state index is 10.3. The molecule has 0 saturated carbocycles. The maximum atomic E-state index is 10.3. The van der Waals surface area contributed by atoms with Crippen LogP contribution in [0.5, 0.6) is 0 Å². The summed E-state index contributed by atoms with van der Waals surface area (Å²) in [5.41, 5.74) is 0.460. The van der Waals surface area contributed by atoms with Gasteiger partial charge in [-0.15, -0.1) is 0 Å². The molecule has 0 aliphatic heterocycles. The molecule has 0 aromatic carbocycles. The number of aldehydes is 1. The summed E-state index contributed by atoms with van der Waals surface area (Å²) in [6.45, 7) is 2.75. The lowest BCUT2D eigenvalue weighted by Crippen LogP contribution is -1.94. The molecule has 0 aliphatic rings. The summed E-state index contributed by atoms with van der Waals surface area (Å²) in [5, 5.41) is 3.95. The van der Waals surface area contributed by atoms with Crippen LogP contribution in [0.1, 0.15) is 17.4 Å². The smallest absolute Gasteiger partial charge is 0.171 e. The maximum Gasteiger partial charge on any atom is 0.171 e. The molecule has 0 unspecified atom stereocenters. The number of aryl methyl sites for hydroxylation is 1. The van der Waals surface area contributed by atoms with Crippen LogP contribution in [-0.2, 0) is 6.54 Å². The summed E-state index contributed by atoms with van der Waals surface area (Å²) < 4.78 is 2.46. The van der Waals surface area contributed by atoms with E-state index in [4.69, 9.17) is 0 Å². The SMILES string of the molecule is CCn1cc(Br)c(C=O)n1. The highest BCUT2D eigenvalue weighted by molar-refractivity contribution is 9.10. The summed E-state index contributed by atoms with van der Waals surface area (Å²) in [6, 6.07) is 0. The fraction of sp³-hybridized carbons (Fsp3) is 0.333. The highest BCUT2D eigenvalue weighted by Crippen LogP contribution is 2.11. The van der Waals surface area contributed by atoms with Crippen LogP contribution in [0.4, 0.5) is 0 Å². The fourth-order valence-corrected chi connectivity index (χ4v) is 1.06. The molecule has 1 aromatic heterocycles. The van der Waals surface area contributed by atoms with Crippen molar-refractivity contribution in [2.24, 2.45) is 0 Å². The van der Waals surface area contributed by atoms with E-state index in [0.29, 0.717) is 5.69 Å². The number of carbonyl (C=O) groups excluding carboxylic acids is 1. The molecule has 1 heterocycles. The first-order chi connectivity index (χ1) is 4.77. The lowest BCUT2D eigenvalue weighted by Gasteiger charge is -1.88. The number of halogens is 1. The molecule has 0 N–H and O–H groups in total. The molecule has 10 heavy (non-hydrogen) atoms. The minimum Gasteiger partial charge on any atom is -0.296 e. The summed E-state index contributed by atoms with van der Waals surface area (Å²) in [7, 11) is 0. The van der Waals surface area contributed by atoms with Gasteiger partial charge in [0.05, 0.1) is 4.47 Å². The first kappa shape index (κ1) is 7.47. The Labute approximate surface area is 67.2 Å². The van der Waals surface area contributed by atoms with Gasteiger partial charge in [0.1, 0.15) is 5.69 Å². The van der Waals surface area contributed by atoms with Gasteiger partial charge in [0.25, 0.3) is 0 Å². The normalized spacial score (nSPS) is 9.80. The van der Waals surface area contributed by atoms with Crippen molar-refractivity contribution < 1.29 is 4.79 Å². The molecule has 1 rings (SSSR count). The molecule has 0 amide bonds. The predicted octanol–water partition coefficient (Wildman–Crippen LogP) is 1.48. The largest absolute Gasteiger partial charge is 0.296 e. The molecule has 0 spiro atoms. The molecule has 54 valence electrons.